The summed E-state index contributed by atoms with van der Waals surface area (Å²) in [6.07, 6.45) is 6.56. The molecule has 1 aliphatic rings. The Morgan fingerprint density at radius 2 is 2.06 bits per heavy atom. The van der Waals surface area contributed by atoms with Crippen LogP contribution in [0.25, 0.3) is 0 Å². The molecule has 85 valence electrons. The molecule has 2 rings (SSSR count). The maximum absolute atomic E-state index is 5.90. The molecule has 0 amide bonds. The van der Waals surface area contributed by atoms with Gasteiger partial charge < -0.3 is 5.32 Å². The minimum Gasteiger partial charge on any atom is -0.310 e. The summed E-state index contributed by atoms with van der Waals surface area (Å²) in [5.41, 5.74) is 1.33. The van der Waals surface area contributed by atoms with Crippen molar-refractivity contribution in [3.63, 3.8) is 0 Å². The lowest BCUT2D eigenvalue weighted by Crippen LogP contribution is -2.37. The van der Waals surface area contributed by atoms with Crippen LogP contribution in [0.4, 0.5) is 0 Å². The summed E-state index contributed by atoms with van der Waals surface area (Å²) < 4.78 is 0. The molecule has 2 unspecified atom stereocenters. The van der Waals surface area contributed by atoms with Crippen LogP contribution in [0.5, 0.6) is 0 Å². The molecule has 1 aromatic carbocycles. The highest BCUT2D eigenvalue weighted by Crippen LogP contribution is 2.27. The normalized spacial score (nSPS) is 24.6. The Hall–Kier alpha value is -0.790. The highest BCUT2D eigenvalue weighted by atomic mass is 35.5. The predicted molar refractivity (Wildman–Crippen MR) is 69.7 cm³/mol. The van der Waals surface area contributed by atoms with Gasteiger partial charge in [-0.1, -0.05) is 49.2 Å². The van der Waals surface area contributed by atoms with Crippen molar-refractivity contribution in [3.8, 4) is 0 Å². The minimum atomic E-state index is 0.452. The lowest BCUT2D eigenvalue weighted by Gasteiger charge is -2.29. The Bertz CT molecular complexity index is 356. The van der Waals surface area contributed by atoms with Crippen LogP contribution >= 0.6 is 11.6 Å². The minimum absolute atomic E-state index is 0.452. The molecule has 0 aromatic heterocycles. The molecule has 0 saturated heterocycles. The first kappa shape index (κ1) is 11.7. The molecular weight excluding hydrogens is 218 g/mol. The molecule has 16 heavy (non-hydrogen) atoms. The number of nitrogens with one attached hydrogen (secondary N) is 1. The number of rotatable bonds is 3. The van der Waals surface area contributed by atoms with Crippen molar-refractivity contribution in [2.24, 2.45) is 0 Å². The van der Waals surface area contributed by atoms with E-state index < -0.39 is 0 Å². The summed E-state index contributed by atoms with van der Waals surface area (Å²) in [7, 11) is 0. The molecule has 1 radical (unpaired) electrons. The van der Waals surface area contributed by atoms with E-state index in [2.05, 4.69) is 36.5 Å². The van der Waals surface area contributed by atoms with E-state index in [1.54, 1.807) is 0 Å². The number of hydrogen-bond acceptors (Lipinski definition) is 1. The summed E-state index contributed by atoms with van der Waals surface area (Å²) in [6.45, 7) is 4.90. The summed E-state index contributed by atoms with van der Waals surface area (Å²) in [6, 6.07) is 8.64. The van der Waals surface area contributed by atoms with Gasteiger partial charge in [0.2, 0.25) is 0 Å². The molecule has 1 aromatic rings. The van der Waals surface area contributed by atoms with Gasteiger partial charge in [0.25, 0.3) is 0 Å². The molecule has 2 atom stereocenters. The van der Waals surface area contributed by atoms with E-state index >= 15 is 0 Å². The van der Waals surface area contributed by atoms with Gasteiger partial charge in [0.15, 0.2) is 0 Å². The fourth-order valence-electron chi connectivity index (χ4n) is 2.23. The lowest BCUT2D eigenvalue weighted by molar-refractivity contribution is 0.453. The van der Waals surface area contributed by atoms with Gasteiger partial charge in [0.05, 0.1) is 0 Å². The van der Waals surface area contributed by atoms with Crippen LogP contribution < -0.4 is 5.32 Å². The van der Waals surface area contributed by atoms with Gasteiger partial charge in [-0.05, 0) is 24.1 Å². The van der Waals surface area contributed by atoms with Crippen molar-refractivity contribution in [2.75, 3.05) is 6.54 Å². The summed E-state index contributed by atoms with van der Waals surface area (Å²) in [4.78, 5) is 0. The van der Waals surface area contributed by atoms with Crippen LogP contribution in [-0.2, 0) is 0 Å². The number of halogens is 1. The molecule has 0 bridgehead atoms. The first-order chi connectivity index (χ1) is 7.81. The third-order valence-corrected chi connectivity index (χ3v) is 3.30. The maximum Gasteiger partial charge on any atom is 0.0406 e. The van der Waals surface area contributed by atoms with E-state index in [0.717, 1.165) is 24.4 Å². The second kappa shape index (κ2) is 5.51. The van der Waals surface area contributed by atoms with Gasteiger partial charge in [-0.2, -0.15) is 0 Å². The Labute approximate surface area is 103 Å². The second-order valence-corrected chi connectivity index (χ2v) is 4.60. The molecule has 0 aliphatic carbocycles. The van der Waals surface area contributed by atoms with Crippen molar-refractivity contribution in [3.05, 3.63) is 53.9 Å². The predicted octanol–water partition coefficient (Wildman–Crippen LogP) is 3.57. The summed E-state index contributed by atoms with van der Waals surface area (Å²) in [5, 5.41) is 4.32. The monoisotopic (exact) mass is 234 g/mol. The highest BCUT2D eigenvalue weighted by Gasteiger charge is 2.21. The zero-order valence-electron chi connectivity index (χ0n) is 9.33. The van der Waals surface area contributed by atoms with Gasteiger partial charge in [-0.3, -0.25) is 0 Å². The van der Waals surface area contributed by atoms with Gasteiger partial charge in [-0.25, -0.2) is 0 Å². The molecule has 2 heteroatoms. The SMILES string of the molecule is [CH2]CCC1NCC=CC1c1ccc(Cl)cc1. The number of hydrogen-bond donors (Lipinski definition) is 1. The van der Waals surface area contributed by atoms with Gasteiger partial charge in [0, 0.05) is 23.5 Å². The van der Waals surface area contributed by atoms with Crippen molar-refractivity contribution >= 4 is 11.6 Å². The Kier molecular flexibility index (Phi) is 4.03. The average molecular weight is 235 g/mol. The molecule has 1 N–H and O–H groups in total. The van der Waals surface area contributed by atoms with E-state index in [1.165, 1.54) is 5.56 Å². The van der Waals surface area contributed by atoms with Crippen LogP contribution in [0.1, 0.15) is 24.3 Å². The van der Waals surface area contributed by atoms with E-state index in [-0.39, 0.29) is 0 Å². The average Bonchev–Trinajstić information content (AvgIpc) is 2.32. The Morgan fingerprint density at radius 1 is 1.31 bits per heavy atom. The van der Waals surface area contributed by atoms with Crippen molar-refractivity contribution < 1.29 is 0 Å². The fraction of sp³-hybridized carbons (Fsp3) is 0.357. The van der Waals surface area contributed by atoms with Crippen LogP contribution in [-0.4, -0.2) is 12.6 Å². The van der Waals surface area contributed by atoms with Gasteiger partial charge in [-0.15, -0.1) is 0 Å². The standard InChI is InChI=1S/C14H17ClN/c1-2-4-14-13(5-3-10-16-14)11-6-8-12(15)9-7-11/h3,5-9,13-14,16H,1-2,4,10H2. The Balaban J connectivity index is 2.19. The highest BCUT2D eigenvalue weighted by molar-refractivity contribution is 6.30. The third-order valence-electron chi connectivity index (χ3n) is 3.04. The van der Waals surface area contributed by atoms with Gasteiger partial charge >= 0.3 is 0 Å². The molecule has 1 aliphatic heterocycles. The Morgan fingerprint density at radius 3 is 2.75 bits per heavy atom. The van der Waals surface area contributed by atoms with Crippen LogP contribution in [0.3, 0.4) is 0 Å². The molecule has 0 fully saturated rings. The molecule has 0 spiro atoms. The molecule has 1 heterocycles. The zero-order chi connectivity index (χ0) is 11.4. The van der Waals surface area contributed by atoms with E-state index in [1.807, 2.05) is 12.1 Å². The van der Waals surface area contributed by atoms with E-state index in [9.17, 15) is 0 Å². The van der Waals surface area contributed by atoms with Crippen LogP contribution in [0.2, 0.25) is 5.02 Å². The molecule has 1 nitrogen and oxygen atoms in total. The quantitative estimate of drug-likeness (QED) is 0.789. The summed E-state index contributed by atoms with van der Waals surface area (Å²) >= 11 is 5.90. The smallest absolute Gasteiger partial charge is 0.0406 e. The molecule has 0 saturated carbocycles. The maximum atomic E-state index is 5.90. The second-order valence-electron chi connectivity index (χ2n) is 4.16. The van der Waals surface area contributed by atoms with E-state index in [4.69, 9.17) is 11.6 Å². The van der Waals surface area contributed by atoms with Gasteiger partial charge in [0.1, 0.15) is 0 Å². The largest absolute Gasteiger partial charge is 0.310 e. The zero-order valence-corrected chi connectivity index (χ0v) is 10.1. The number of benzene rings is 1. The third kappa shape index (κ3) is 2.66. The van der Waals surface area contributed by atoms with Crippen molar-refractivity contribution in [2.45, 2.75) is 24.8 Å². The lowest BCUT2D eigenvalue weighted by atomic mass is 9.87. The van der Waals surface area contributed by atoms with Crippen molar-refractivity contribution in [1.82, 2.24) is 5.32 Å². The molecular formula is C14H17ClN. The van der Waals surface area contributed by atoms with Crippen molar-refractivity contribution in [1.29, 1.82) is 0 Å². The van der Waals surface area contributed by atoms with E-state index in [0.29, 0.717) is 12.0 Å². The fourth-order valence-corrected chi connectivity index (χ4v) is 2.35. The topological polar surface area (TPSA) is 12.0 Å². The first-order valence-electron chi connectivity index (χ1n) is 5.76. The summed E-state index contributed by atoms with van der Waals surface area (Å²) in [5.74, 6) is 0.452. The first-order valence-corrected chi connectivity index (χ1v) is 6.14. The van der Waals surface area contributed by atoms with Crippen LogP contribution in [0.15, 0.2) is 36.4 Å². The van der Waals surface area contributed by atoms with Crippen LogP contribution in [0, 0.1) is 6.92 Å².